The maximum atomic E-state index is 13.8. The molecule has 2 N–H and O–H groups in total. The summed E-state index contributed by atoms with van der Waals surface area (Å²) in [5, 5.41) is 6.09. The van der Waals surface area contributed by atoms with E-state index >= 15 is 0 Å². The number of hydrogen-bond donors (Lipinski definition) is 2. The SMILES string of the molecule is COc1ccc(CNc2nc3c(c(=O)n2-c2ccccc2)CN(C(=O)Nc2cc(F)ccc2C)CC3)cc1. The summed E-state index contributed by atoms with van der Waals surface area (Å²) in [5.74, 6) is 0.770. The van der Waals surface area contributed by atoms with Gasteiger partial charge in [0.15, 0.2) is 0 Å². The third kappa shape index (κ3) is 5.22. The number of methoxy groups -OCH3 is 1. The van der Waals surface area contributed by atoms with Crippen molar-refractivity contribution in [2.75, 3.05) is 24.3 Å². The highest BCUT2D eigenvalue weighted by molar-refractivity contribution is 5.90. The van der Waals surface area contributed by atoms with Crippen LogP contribution in [0.2, 0.25) is 0 Å². The van der Waals surface area contributed by atoms with Gasteiger partial charge >= 0.3 is 6.03 Å². The molecule has 0 atom stereocenters. The van der Waals surface area contributed by atoms with Crippen LogP contribution in [-0.4, -0.2) is 34.1 Å². The van der Waals surface area contributed by atoms with E-state index in [0.717, 1.165) is 16.9 Å². The van der Waals surface area contributed by atoms with Crippen LogP contribution in [0.5, 0.6) is 5.75 Å². The van der Waals surface area contributed by atoms with Crippen molar-refractivity contribution in [1.82, 2.24) is 14.5 Å². The fraction of sp³-hybridized carbons (Fsp3) is 0.207. The van der Waals surface area contributed by atoms with Crippen molar-refractivity contribution in [2.45, 2.75) is 26.4 Å². The van der Waals surface area contributed by atoms with Gasteiger partial charge in [0, 0.05) is 25.2 Å². The lowest BCUT2D eigenvalue weighted by molar-refractivity contribution is 0.205. The van der Waals surface area contributed by atoms with Gasteiger partial charge in [-0.25, -0.2) is 18.7 Å². The Morgan fingerprint density at radius 2 is 1.84 bits per heavy atom. The lowest BCUT2D eigenvalue weighted by Gasteiger charge is -2.29. The van der Waals surface area contributed by atoms with Crippen LogP contribution < -0.4 is 20.9 Å². The molecule has 8 nitrogen and oxygen atoms in total. The van der Waals surface area contributed by atoms with E-state index in [0.29, 0.717) is 48.1 Å². The second-order valence-electron chi connectivity index (χ2n) is 9.10. The van der Waals surface area contributed by atoms with E-state index in [9.17, 15) is 14.0 Å². The Labute approximate surface area is 219 Å². The minimum atomic E-state index is -0.431. The number of anilines is 2. The first-order chi connectivity index (χ1) is 18.4. The smallest absolute Gasteiger partial charge is 0.322 e. The van der Waals surface area contributed by atoms with Crippen molar-refractivity contribution < 1.29 is 13.9 Å². The van der Waals surface area contributed by atoms with Crippen molar-refractivity contribution in [2.24, 2.45) is 0 Å². The molecular formula is C29H28FN5O3. The molecule has 2 amide bonds. The number of para-hydroxylation sites is 1. The van der Waals surface area contributed by atoms with E-state index in [1.54, 1.807) is 29.6 Å². The maximum absolute atomic E-state index is 13.8. The number of aromatic nitrogens is 2. The van der Waals surface area contributed by atoms with Gasteiger partial charge in [-0.3, -0.25) is 4.79 Å². The van der Waals surface area contributed by atoms with E-state index in [4.69, 9.17) is 9.72 Å². The van der Waals surface area contributed by atoms with Gasteiger partial charge in [0.2, 0.25) is 5.95 Å². The molecule has 38 heavy (non-hydrogen) atoms. The summed E-state index contributed by atoms with van der Waals surface area (Å²) in [4.78, 5) is 33.2. The summed E-state index contributed by atoms with van der Waals surface area (Å²) >= 11 is 0. The first-order valence-electron chi connectivity index (χ1n) is 12.3. The van der Waals surface area contributed by atoms with Crippen molar-refractivity contribution in [1.29, 1.82) is 0 Å². The Morgan fingerprint density at radius 3 is 2.58 bits per heavy atom. The number of rotatable bonds is 6. The third-order valence-corrected chi connectivity index (χ3v) is 6.58. The van der Waals surface area contributed by atoms with Crippen LogP contribution in [0.3, 0.4) is 0 Å². The molecule has 1 aliphatic heterocycles. The minimum absolute atomic E-state index is 0.104. The zero-order chi connectivity index (χ0) is 26.6. The Balaban J connectivity index is 1.44. The van der Waals surface area contributed by atoms with Gasteiger partial charge < -0.3 is 20.3 Å². The molecule has 0 saturated carbocycles. The normalized spacial score (nSPS) is 12.6. The third-order valence-electron chi connectivity index (χ3n) is 6.58. The van der Waals surface area contributed by atoms with E-state index < -0.39 is 11.8 Å². The number of amides is 2. The number of halogens is 1. The van der Waals surface area contributed by atoms with Gasteiger partial charge in [-0.15, -0.1) is 0 Å². The zero-order valence-electron chi connectivity index (χ0n) is 21.2. The molecule has 0 saturated heterocycles. The van der Waals surface area contributed by atoms with Gasteiger partial charge in [0.05, 0.1) is 30.6 Å². The van der Waals surface area contributed by atoms with E-state index in [2.05, 4.69) is 10.6 Å². The molecule has 2 heterocycles. The van der Waals surface area contributed by atoms with Crippen LogP contribution in [0, 0.1) is 12.7 Å². The fourth-order valence-electron chi connectivity index (χ4n) is 4.43. The number of nitrogens with one attached hydrogen (secondary N) is 2. The summed E-state index contributed by atoms with van der Waals surface area (Å²) in [6, 6.07) is 20.8. The molecule has 0 fully saturated rings. The molecule has 0 unspecified atom stereocenters. The minimum Gasteiger partial charge on any atom is -0.497 e. The number of carbonyl (C=O) groups excluding carboxylic acids is 1. The molecule has 0 aliphatic carbocycles. The lowest BCUT2D eigenvalue weighted by atomic mass is 10.1. The van der Waals surface area contributed by atoms with E-state index in [-0.39, 0.29) is 12.1 Å². The monoisotopic (exact) mass is 513 g/mol. The number of hydrogen-bond acceptors (Lipinski definition) is 5. The topological polar surface area (TPSA) is 88.5 Å². The van der Waals surface area contributed by atoms with Gasteiger partial charge in [-0.2, -0.15) is 0 Å². The van der Waals surface area contributed by atoms with Crippen LogP contribution in [0.4, 0.5) is 20.8 Å². The predicted octanol–water partition coefficient (Wildman–Crippen LogP) is 4.89. The van der Waals surface area contributed by atoms with Crippen LogP contribution in [0.25, 0.3) is 5.69 Å². The summed E-state index contributed by atoms with van der Waals surface area (Å²) < 4.78 is 20.5. The van der Waals surface area contributed by atoms with Gasteiger partial charge in [-0.1, -0.05) is 36.4 Å². The number of nitrogens with zero attached hydrogens (tertiary/aromatic N) is 3. The first kappa shape index (κ1) is 25.0. The molecule has 9 heteroatoms. The summed E-state index contributed by atoms with van der Waals surface area (Å²) in [6.07, 6.45) is 0.424. The van der Waals surface area contributed by atoms with Crippen LogP contribution in [-0.2, 0) is 19.5 Å². The Hall–Kier alpha value is -4.66. The van der Waals surface area contributed by atoms with Gasteiger partial charge in [0.25, 0.3) is 5.56 Å². The average Bonchev–Trinajstić information content (AvgIpc) is 2.94. The molecule has 0 bridgehead atoms. The zero-order valence-corrected chi connectivity index (χ0v) is 21.2. The Bertz CT molecular complexity index is 1520. The first-order valence-corrected chi connectivity index (χ1v) is 12.3. The molecule has 0 spiro atoms. The highest BCUT2D eigenvalue weighted by Crippen LogP contribution is 2.22. The highest BCUT2D eigenvalue weighted by Gasteiger charge is 2.27. The second-order valence-corrected chi connectivity index (χ2v) is 9.10. The molecule has 1 aliphatic rings. The number of aryl methyl sites for hydroxylation is 1. The molecular weight excluding hydrogens is 485 g/mol. The Kier molecular flexibility index (Phi) is 7.08. The predicted molar refractivity (Wildman–Crippen MR) is 144 cm³/mol. The van der Waals surface area contributed by atoms with E-state index in [1.165, 1.54) is 12.1 Å². The van der Waals surface area contributed by atoms with Gasteiger partial charge in [0.1, 0.15) is 11.6 Å². The maximum Gasteiger partial charge on any atom is 0.322 e. The average molecular weight is 514 g/mol. The molecule has 1 aromatic heterocycles. The van der Waals surface area contributed by atoms with Crippen molar-refractivity contribution in [3.63, 3.8) is 0 Å². The second kappa shape index (κ2) is 10.8. The lowest BCUT2D eigenvalue weighted by Crippen LogP contribution is -2.43. The van der Waals surface area contributed by atoms with Crippen molar-refractivity contribution in [3.8, 4) is 11.4 Å². The number of carbonyl (C=O) groups is 1. The van der Waals surface area contributed by atoms with Crippen LogP contribution in [0.15, 0.2) is 77.6 Å². The van der Waals surface area contributed by atoms with Crippen molar-refractivity contribution in [3.05, 3.63) is 111 Å². The number of fused-ring (bicyclic) bond motifs is 1. The van der Waals surface area contributed by atoms with E-state index in [1.807, 2.05) is 54.6 Å². The van der Waals surface area contributed by atoms with Crippen LogP contribution >= 0.6 is 0 Å². The molecule has 194 valence electrons. The molecule has 0 radical (unpaired) electrons. The van der Waals surface area contributed by atoms with Crippen LogP contribution in [0.1, 0.15) is 22.4 Å². The molecule has 5 rings (SSSR count). The molecule has 3 aromatic carbocycles. The summed E-state index contributed by atoms with van der Waals surface area (Å²) in [5.41, 5.74) is 3.70. The largest absolute Gasteiger partial charge is 0.497 e. The number of benzene rings is 3. The standard InChI is InChI=1S/C29H28FN5O3/c1-19-8-11-21(30)16-26(19)33-29(37)34-15-14-25-24(18-34)27(36)35(22-6-4-3-5-7-22)28(32-25)31-17-20-9-12-23(38-2)13-10-20/h3-13,16H,14-15,17-18H2,1-2H3,(H,31,32)(H,33,37). The number of ether oxygens (including phenoxy) is 1. The van der Waals surface area contributed by atoms with Gasteiger partial charge in [-0.05, 0) is 54.4 Å². The quantitative estimate of drug-likeness (QED) is 0.383. The summed E-state index contributed by atoms with van der Waals surface area (Å²) in [7, 11) is 1.62. The number of urea groups is 1. The fourth-order valence-corrected chi connectivity index (χ4v) is 4.43. The molecule has 4 aromatic rings. The van der Waals surface area contributed by atoms with Crippen molar-refractivity contribution >= 4 is 17.7 Å². The highest BCUT2D eigenvalue weighted by atomic mass is 19.1. The Morgan fingerprint density at radius 1 is 1.08 bits per heavy atom. The summed E-state index contributed by atoms with van der Waals surface area (Å²) in [6.45, 7) is 2.74.